The highest BCUT2D eigenvalue weighted by Gasteiger charge is 2.30. The summed E-state index contributed by atoms with van der Waals surface area (Å²) >= 11 is 0. The Bertz CT molecular complexity index is 676. The maximum Gasteiger partial charge on any atom is 0.269 e. The number of rotatable bonds is 6. The van der Waals surface area contributed by atoms with E-state index in [1.165, 1.54) is 4.31 Å². The molecule has 0 amide bonds. The first-order valence-electron chi connectivity index (χ1n) is 6.60. The predicted molar refractivity (Wildman–Crippen MR) is 78.7 cm³/mol. The van der Waals surface area contributed by atoms with Gasteiger partial charge in [-0.2, -0.15) is 0 Å². The summed E-state index contributed by atoms with van der Waals surface area (Å²) in [5, 5.41) is 12.7. The van der Waals surface area contributed by atoms with Gasteiger partial charge >= 0.3 is 0 Å². The van der Waals surface area contributed by atoms with Crippen LogP contribution in [0.4, 0.5) is 5.69 Å². The van der Waals surface area contributed by atoms with Gasteiger partial charge in [0, 0.05) is 13.2 Å². The first-order valence-corrected chi connectivity index (χ1v) is 8.04. The highest BCUT2D eigenvalue weighted by molar-refractivity contribution is 7.93. The van der Waals surface area contributed by atoms with Crippen LogP contribution in [0.3, 0.4) is 0 Å². The summed E-state index contributed by atoms with van der Waals surface area (Å²) in [6.07, 6.45) is 0.345. The van der Waals surface area contributed by atoms with Crippen LogP contribution in [0.2, 0.25) is 0 Å². The summed E-state index contributed by atoms with van der Waals surface area (Å²) < 4.78 is 32.0. The smallest absolute Gasteiger partial charge is 0.269 e. The topological polar surface area (TPSA) is 83.6 Å². The van der Waals surface area contributed by atoms with E-state index < -0.39 is 10.0 Å². The Morgan fingerprint density at radius 3 is 2.43 bits per heavy atom. The van der Waals surface area contributed by atoms with E-state index in [9.17, 15) is 8.42 Å². The Morgan fingerprint density at radius 1 is 1.24 bits per heavy atom. The molecule has 7 heteroatoms. The van der Waals surface area contributed by atoms with Crippen molar-refractivity contribution in [3.8, 4) is 0 Å². The molecule has 6 nitrogen and oxygen atoms in total. The van der Waals surface area contributed by atoms with Crippen molar-refractivity contribution >= 4 is 15.7 Å². The van der Waals surface area contributed by atoms with Gasteiger partial charge in [0.05, 0.1) is 5.69 Å². The van der Waals surface area contributed by atoms with E-state index in [2.05, 4.69) is 5.16 Å². The Balaban J connectivity index is 2.50. The van der Waals surface area contributed by atoms with Gasteiger partial charge in [0.1, 0.15) is 5.69 Å². The molecule has 0 bridgehead atoms. The zero-order chi connectivity index (χ0) is 15.5. The monoisotopic (exact) mass is 310 g/mol. The zero-order valence-electron chi connectivity index (χ0n) is 12.0. The highest BCUT2D eigenvalue weighted by atomic mass is 32.2. The fraction of sp³-hybridized carbons (Fsp3) is 0.357. The number of aryl methyl sites for hydroxylation is 2. The molecule has 0 radical (unpaired) electrons. The van der Waals surface area contributed by atoms with Crippen LogP contribution in [-0.2, 0) is 10.0 Å². The van der Waals surface area contributed by atoms with Gasteiger partial charge in [0.25, 0.3) is 10.0 Å². The number of aliphatic hydroxyl groups is 1. The Hall–Kier alpha value is -1.86. The maximum atomic E-state index is 12.9. The van der Waals surface area contributed by atoms with E-state index in [-0.39, 0.29) is 23.8 Å². The van der Waals surface area contributed by atoms with Crippen LogP contribution in [0, 0.1) is 13.8 Å². The van der Waals surface area contributed by atoms with Crippen molar-refractivity contribution in [2.45, 2.75) is 25.2 Å². The average molecular weight is 310 g/mol. The number of benzene rings is 1. The largest absolute Gasteiger partial charge is 0.396 e. The standard InChI is InChI=1S/C14H18N2O4S/c1-11-14(12(2)20-15-11)21(18,19)16(9-6-10-17)13-7-4-3-5-8-13/h3-5,7-8,17H,6,9-10H2,1-2H3. The highest BCUT2D eigenvalue weighted by Crippen LogP contribution is 2.27. The minimum absolute atomic E-state index is 0.0829. The molecule has 0 spiro atoms. The molecule has 114 valence electrons. The molecule has 1 heterocycles. The van der Waals surface area contributed by atoms with Crippen LogP contribution in [0.25, 0.3) is 0 Å². The molecule has 0 unspecified atom stereocenters. The van der Waals surface area contributed by atoms with Crippen molar-refractivity contribution in [2.24, 2.45) is 0 Å². The van der Waals surface area contributed by atoms with Crippen LogP contribution in [0.1, 0.15) is 17.9 Å². The van der Waals surface area contributed by atoms with E-state index >= 15 is 0 Å². The van der Waals surface area contributed by atoms with Crippen molar-refractivity contribution in [2.75, 3.05) is 17.5 Å². The molecule has 1 aromatic carbocycles. The third-order valence-corrected chi connectivity index (χ3v) is 5.15. The zero-order valence-corrected chi connectivity index (χ0v) is 12.8. The fourth-order valence-electron chi connectivity index (χ4n) is 2.15. The van der Waals surface area contributed by atoms with Gasteiger partial charge in [-0.05, 0) is 32.4 Å². The van der Waals surface area contributed by atoms with Crippen LogP contribution in [0.15, 0.2) is 39.8 Å². The molecule has 2 rings (SSSR count). The van der Waals surface area contributed by atoms with E-state index in [1.807, 2.05) is 6.07 Å². The molecule has 0 atom stereocenters. The van der Waals surface area contributed by atoms with Gasteiger partial charge in [0.15, 0.2) is 10.7 Å². The minimum atomic E-state index is -3.78. The van der Waals surface area contributed by atoms with Crippen LogP contribution in [0.5, 0.6) is 0 Å². The summed E-state index contributed by atoms with van der Waals surface area (Å²) in [6, 6.07) is 8.78. The molecule has 0 saturated heterocycles. The summed E-state index contributed by atoms with van der Waals surface area (Å²) in [5.74, 6) is 0.262. The van der Waals surface area contributed by atoms with Crippen molar-refractivity contribution in [1.82, 2.24) is 5.16 Å². The second-order valence-corrected chi connectivity index (χ2v) is 6.44. The van der Waals surface area contributed by atoms with Gasteiger partial charge < -0.3 is 9.63 Å². The first-order chi connectivity index (χ1) is 9.98. The predicted octanol–water partition coefficient (Wildman–Crippen LogP) is 1.87. The minimum Gasteiger partial charge on any atom is -0.396 e. The van der Waals surface area contributed by atoms with E-state index in [4.69, 9.17) is 9.63 Å². The number of aliphatic hydroxyl groups excluding tert-OH is 1. The van der Waals surface area contributed by atoms with Crippen molar-refractivity contribution in [1.29, 1.82) is 0 Å². The molecule has 0 aliphatic rings. The van der Waals surface area contributed by atoms with Crippen molar-refractivity contribution in [3.63, 3.8) is 0 Å². The number of anilines is 1. The molecule has 0 saturated carbocycles. The van der Waals surface area contributed by atoms with Gasteiger partial charge in [-0.15, -0.1) is 0 Å². The summed E-state index contributed by atoms with van der Waals surface area (Å²) in [6.45, 7) is 3.27. The van der Waals surface area contributed by atoms with Gasteiger partial charge in [0.2, 0.25) is 0 Å². The average Bonchev–Trinajstić information content (AvgIpc) is 2.80. The third-order valence-electron chi connectivity index (χ3n) is 3.08. The third kappa shape index (κ3) is 3.08. The number of sulfonamides is 1. The van der Waals surface area contributed by atoms with Crippen LogP contribution >= 0.6 is 0 Å². The Labute approximate surface area is 124 Å². The molecule has 0 fully saturated rings. The molecular weight excluding hydrogens is 292 g/mol. The number of hydrogen-bond acceptors (Lipinski definition) is 5. The first kappa shape index (κ1) is 15.5. The van der Waals surface area contributed by atoms with Gasteiger partial charge in [-0.3, -0.25) is 4.31 Å². The van der Waals surface area contributed by atoms with E-state index in [0.717, 1.165) is 0 Å². The maximum absolute atomic E-state index is 12.9. The number of para-hydroxylation sites is 1. The molecule has 21 heavy (non-hydrogen) atoms. The normalized spacial score (nSPS) is 11.6. The van der Waals surface area contributed by atoms with Crippen LogP contribution in [-0.4, -0.2) is 31.8 Å². The lowest BCUT2D eigenvalue weighted by Gasteiger charge is -2.24. The van der Waals surface area contributed by atoms with E-state index in [0.29, 0.717) is 17.8 Å². The van der Waals surface area contributed by atoms with Crippen molar-refractivity contribution in [3.05, 3.63) is 41.8 Å². The molecular formula is C14H18N2O4S. The lowest BCUT2D eigenvalue weighted by Crippen LogP contribution is -2.33. The summed E-state index contributed by atoms with van der Waals surface area (Å²) in [7, 11) is -3.78. The number of hydrogen-bond donors (Lipinski definition) is 1. The quantitative estimate of drug-likeness (QED) is 0.880. The van der Waals surface area contributed by atoms with Gasteiger partial charge in [-0.25, -0.2) is 8.42 Å². The number of nitrogens with zero attached hydrogens (tertiary/aromatic N) is 2. The summed E-state index contributed by atoms with van der Waals surface area (Å²) in [5.41, 5.74) is 0.878. The second-order valence-electron chi connectivity index (χ2n) is 4.64. The lowest BCUT2D eigenvalue weighted by molar-refractivity contribution is 0.291. The molecule has 1 aromatic heterocycles. The van der Waals surface area contributed by atoms with Gasteiger partial charge in [-0.1, -0.05) is 23.4 Å². The van der Waals surface area contributed by atoms with Crippen molar-refractivity contribution < 1.29 is 18.0 Å². The Kier molecular flexibility index (Phi) is 4.64. The lowest BCUT2D eigenvalue weighted by atomic mass is 10.3. The molecule has 2 aromatic rings. The SMILES string of the molecule is Cc1noc(C)c1S(=O)(=O)N(CCCO)c1ccccc1. The molecule has 0 aliphatic heterocycles. The molecule has 1 N–H and O–H groups in total. The second kappa shape index (κ2) is 6.28. The summed E-state index contributed by atoms with van der Waals surface area (Å²) in [4.78, 5) is 0.0873. The van der Waals surface area contributed by atoms with E-state index in [1.54, 1.807) is 38.1 Å². The van der Waals surface area contributed by atoms with Crippen LogP contribution < -0.4 is 4.31 Å². The Morgan fingerprint density at radius 2 is 1.90 bits per heavy atom. The fourth-order valence-corrected chi connectivity index (χ4v) is 3.95. The number of aromatic nitrogens is 1. The molecule has 0 aliphatic carbocycles.